The van der Waals surface area contributed by atoms with Crippen molar-refractivity contribution >= 4 is 12.0 Å². The molecule has 1 rings (SSSR count). The van der Waals surface area contributed by atoms with E-state index in [0.717, 1.165) is 5.76 Å². The first kappa shape index (κ1) is 15.1. The van der Waals surface area contributed by atoms with E-state index >= 15 is 0 Å². The van der Waals surface area contributed by atoms with Crippen LogP contribution in [0.25, 0.3) is 0 Å². The van der Waals surface area contributed by atoms with E-state index in [1.165, 1.54) is 0 Å². The highest BCUT2D eigenvalue weighted by Gasteiger charge is 2.07. The Morgan fingerprint density at radius 2 is 2.26 bits per heavy atom. The maximum absolute atomic E-state index is 11.5. The molecule has 0 radical (unpaired) electrons. The molecule has 19 heavy (non-hydrogen) atoms. The van der Waals surface area contributed by atoms with Crippen molar-refractivity contribution in [1.29, 1.82) is 0 Å². The molecular weight excluding hydrogens is 248 g/mol. The van der Waals surface area contributed by atoms with Crippen molar-refractivity contribution in [3.05, 3.63) is 24.2 Å². The zero-order valence-corrected chi connectivity index (χ0v) is 11.0. The number of hydrogen-bond donors (Lipinski definition) is 3. The molecule has 2 amide bonds. The molecule has 1 unspecified atom stereocenters. The minimum Gasteiger partial charge on any atom is -0.481 e. The van der Waals surface area contributed by atoms with Gasteiger partial charge in [-0.15, -0.1) is 0 Å². The largest absolute Gasteiger partial charge is 0.481 e. The normalized spacial score (nSPS) is 11.8. The third-order valence-electron chi connectivity index (χ3n) is 2.64. The molecule has 6 heteroatoms. The number of furan rings is 1. The van der Waals surface area contributed by atoms with Crippen molar-refractivity contribution < 1.29 is 19.1 Å². The first-order valence-corrected chi connectivity index (χ1v) is 6.36. The SMILES string of the molecule is CC(CCCC(=O)O)NC(=O)NCCc1ccco1. The fourth-order valence-electron chi connectivity index (χ4n) is 1.66. The Morgan fingerprint density at radius 1 is 1.47 bits per heavy atom. The number of carbonyl (C=O) groups is 2. The smallest absolute Gasteiger partial charge is 0.315 e. The minimum absolute atomic E-state index is 0.0389. The van der Waals surface area contributed by atoms with Gasteiger partial charge in [0.1, 0.15) is 5.76 Å². The first-order chi connectivity index (χ1) is 9.08. The van der Waals surface area contributed by atoms with Crippen LogP contribution in [-0.4, -0.2) is 29.7 Å². The Bertz CT molecular complexity index is 389. The summed E-state index contributed by atoms with van der Waals surface area (Å²) in [6.07, 6.45) is 3.58. The van der Waals surface area contributed by atoms with Gasteiger partial charge < -0.3 is 20.2 Å². The predicted octanol–water partition coefficient (Wildman–Crippen LogP) is 1.76. The van der Waals surface area contributed by atoms with Crippen molar-refractivity contribution in [2.75, 3.05) is 6.54 Å². The highest BCUT2D eigenvalue weighted by Crippen LogP contribution is 2.01. The summed E-state index contributed by atoms with van der Waals surface area (Å²) >= 11 is 0. The molecule has 0 aliphatic rings. The van der Waals surface area contributed by atoms with Crippen molar-refractivity contribution in [2.45, 2.75) is 38.6 Å². The molecule has 0 aliphatic heterocycles. The molecule has 0 spiro atoms. The van der Waals surface area contributed by atoms with Gasteiger partial charge in [0.05, 0.1) is 6.26 Å². The topological polar surface area (TPSA) is 91.6 Å². The van der Waals surface area contributed by atoms with Crippen LogP contribution in [0.15, 0.2) is 22.8 Å². The molecule has 106 valence electrons. The van der Waals surface area contributed by atoms with Crippen LogP contribution in [0.1, 0.15) is 31.9 Å². The van der Waals surface area contributed by atoms with Gasteiger partial charge in [-0.05, 0) is 31.9 Å². The van der Waals surface area contributed by atoms with Crippen LogP contribution < -0.4 is 10.6 Å². The standard InChI is InChI=1S/C13H20N2O4/c1-10(4-2-6-12(16)17)15-13(18)14-8-7-11-5-3-9-19-11/h3,5,9-10H,2,4,6-8H2,1H3,(H,16,17)(H2,14,15,18). The Morgan fingerprint density at radius 3 is 2.89 bits per heavy atom. The van der Waals surface area contributed by atoms with Gasteiger partial charge >= 0.3 is 12.0 Å². The van der Waals surface area contributed by atoms with Gasteiger partial charge in [0.15, 0.2) is 0 Å². The summed E-state index contributed by atoms with van der Waals surface area (Å²) in [4.78, 5) is 21.9. The van der Waals surface area contributed by atoms with Crippen molar-refractivity contribution in [2.24, 2.45) is 0 Å². The van der Waals surface area contributed by atoms with E-state index in [1.54, 1.807) is 12.3 Å². The lowest BCUT2D eigenvalue weighted by Gasteiger charge is -2.13. The number of carboxylic acids is 1. The van der Waals surface area contributed by atoms with Gasteiger partial charge in [0.2, 0.25) is 0 Å². The van der Waals surface area contributed by atoms with E-state index in [4.69, 9.17) is 9.52 Å². The third-order valence-corrected chi connectivity index (χ3v) is 2.64. The van der Waals surface area contributed by atoms with Gasteiger partial charge in [0, 0.05) is 25.4 Å². The molecule has 0 saturated heterocycles. The molecular formula is C13H20N2O4. The minimum atomic E-state index is -0.810. The van der Waals surface area contributed by atoms with Crippen LogP contribution in [0.2, 0.25) is 0 Å². The number of rotatable bonds is 8. The number of amides is 2. The number of hydrogen-bond acceptors (Lipinski definition) is 3. The summed E-state index contributed by atoms with van der Waals surface area (Å²) in [5.41, 5.74) is 0. The second kappa shape index (κ2) is 8.18. The predicted molar refractivity (Wildman–Crippen MR) is 69.9 cm³/mol. The van der Waals surface area contributed by atoms with E-state index in [0.29, 0.717) is 25.8 Å². The molecule has 6 nitrogen and oxygen atoms in total. The van der Waals surface area contributed by atoms with E-state index in [9.17, 15) is 9.59 Å². The summed E-state index contributed by atoms with van der Waals surface area (Å²) in [6.45, 7) is 2.36. The molecule has 1 heterocycles. The molecule has 0 bridgehead atoms. The summed E-state index contributed by atoms with van der Waals surface area (Å²) in [7, 11) is 0. The molecule has 1 atom stereocenters. The quantitative estimate of drug-likeness (QED) is 0.670. The lowest BCUT2D eigenvalue weighted by molar-refractivity contribution is -0.137. The monoisotopic (exact) mass is 268 g/mol. The van der Waals surface area contributed by atoms with Gasteiger partial charge in [-0.2, -0.15) is 0 Å². The lowest BCUT2D eigenvalue weighted by atomic mass is 10.1. The number of urea groups is 1. The van der Waals surface area contributed by atoms with Gasteiger partial charge in [-0.25, -0.2) is 4.79 Å². The molecule has 0 aromatic carbocycles. The van der Waals surface area contributed by atoms with Crippen molar-refractivity contribution in [3.63, 3.8) is 0 Å². The number of nitrogens with one attached hydrogen (secondary N) is 2. The summed E-state index contributed by atoms with van der Waals surface area (Å²) in [6, 6.07) is 3.38. The van der Waals surface area contributed by atoms with Crippen LogP contribution in [0, 0.1) is 0 Å². The third kappa shape index (κ3) is 7.13. The maximum atomic E-state index is 11.5. The van der Waals surface area contributed by atoms with E-state index in [1.807, 2.05) is 13.0 Å². The fourth-order valence-corrected chi connectivity index (χ4v) is 1.66. The molecule has 3 N–H and O–H groups in total. The van der Waals surface area contributed by atoms with E-state index in [2.05, 4.69) is 10.6 Å². The van der Waals surface area contributed by atoms with Gasteiger partial charge in [-0.1, -0.05) is 0 Å². The summed E-state index contributed by atoms with van der Waals surface area (Å²) < 4.78 is 5.14. The summed E-state index contributed by atoms with van der Waals surface area (Å²) in [5.74, 6) is 0.0184. The van der Waals surface area contributed by atoms with E-state index < -0.39 is 5.97 Å². The zero-order valence-electron chi connectivity index (χ0n) is 11.0. The average Bonchev–Trinajstić information content (AvgIpc) is 2.81. The van der Waals surface area contributed by atoms with Crippen molar-refractivity contribution in [3.8, 4) is 0 Å². The van der Waals surface area contributed by atoms with Crippen LogP contribution in [-0.2, 0) is 11.2 Å². The molecule has 1 aromatic heterocycles. The Balaban J connectivity index is 2.07. The second-order valence-corrected chi connectivity index (χ2v) is 4.42. The zero-order chi connectivity index (χ0) is 14.1. The van der Waals surface area contributed by atoms with E-state index in [-0.39, 0.29) is 18.5 Å². The second-order valence-electron chi connectivity index (χ2n) is 4.42. The number of carboxylic acid groups (broad SMARTS) is 1. The van der Waals surface area contributed by atoms with Crippen LogP contribution in [0.5, 0.6) is 0 Å². The Hall–Kier alpha value is -1.98. The highest BCUT2D eigenvalue weighted by molar-refractivity contribution is 5.74. The molecule has 0 saturated carbocycles. The molecule has 1 aromatic rings. The maximum Gasteiger partial charge on any atom is 0.315 e. The van der Waals surface area contributed by atoms with Crippen LogP contribution in [0.4, 0.5) is 4.79 Å². The Kier molecular flexibility index (Phi) is 6.49. The average molecular weight is 268 g/mol. The first-order valence-electron chi connectivity index (χ1n) is 6.36. The molecule has 0 fully saturated rings. The van der Waals surface area contributed by atoms with Crippen LogP contribution in [0.3, 0.4) is 0 Å². The number of aliphatic carboxylic acids is 1. The lowest BCUT2D eigenvalue weighted by Crippen LogP contribution is -2.41. The van der Waals surface area contributed by atoms with Gasteiger partial charge in [-0.3, -0.25) is 4.79 Å². The molecule has 0 aliphatic carbocycles. The van der Waals surface area contributed by atoms with Crippen LogP contribution >= 0.6 is 0 Å². The highest BCUT2D eigenvalue weighted by atomic mass is 16.4. The fraction of sp³-hybridized carbons (Fsp3) is 0.538. The Labute approximate surface area is 112 Å². The summed E-state index contributed by atoms with van der Waals surface area (Å²) in [5, 5.41) is 14.0. The number of carbonyl (C=O) groups excluding carboxylic acids is 1. The van der Waals surface area contributed by atoms with Crippen molar-refractivity contribution in [1.82, 2.24) is 10.6 Å². The van der Waals surface area contributed by atoms with Gasteiger partial charge in [0.25, 0.3) is 0 Å².